The number of nitrogens with one attached hydrogen (secondary N) is 3. The predicted molar refractivity (Wildman–Crippen MR) is 171 cm³/mol. The number of ether oxygens (including phenoxy) is 1. The van der Waals surface area contributed by atoms with Gasteiger partial charge in [-0.25, -0.2) is 4.79 Å². The van der Waals surface area contributed by atoms with E-state index in [-0.39, 0.29) is 24.3 Å². The van der Waals surface area contributed by atoms with E-state index < -0.39 is 12.1 Å². The number of hydrogen-bond donors (Lipinski definition) is 3. The van der Waals surface area contributed by atoms with Crippen molar-refractivity contribution in [3.63, 3.8) is 0 Å². The van der Waals surface area contributed by atoms with E-state index in [0.29, 0.717) is 29.9 Å². The highest BCUT2D eigenvalue weighted by atomic mass is 16.5. The van der Waals surface area contributed by atoms with Crippen molar-refractivity contribution >= 4 is 35.1 Å². The van der Waals surface area contributed by atoms with E-state index in [1.807, 2.05) is 66.4 Å². The molecule has 224 valence electrons. The minimum atomic E-state index is -0.720. The summed E-state index contributed by atoms with van der Waals surface area (Å²) in [5, 5.41) is 14.0. The molecule has 3 amide bonds. The van der Waals surface area contributed by atoms with Gasteiger partial charge < -0.3 is 19.9 Å². The first-order valence-corrected chi connectivity index (χ1v) is 14.5. The van der Waals surface area contributed by atoms with Crippen molar-refractivity contribution in [2.24, 2.45) is 0 Å². The number of carbonyl (C=O) groups is 3. The molecule has 4 aromatic rings. The first kappa shape index (κ1) is 30.0. The molecule has 0 bridgehead atoms. The summed E-state index contributed by atoms with van der Waals surface area (Å²) >= 11 is 0. The molecule has 3 N–H and O–H groups in total. The van der Waals surface area contributed by atoms with E-state index in [9.17, 15) is 14.4 Å². The van der Waals surface area contributed by atoms with Crippen molar-refractivity contribution < 1.29 is 19.1 Å². The van der Waals surface area contributed by atoms with Crippen LogP contribution >= 0.6 is 0 Å². The molecule has 4 aromatic carbocycles. The molecule has 44 heavy (non-hydrogen) atoms. The second-order valence-corrected chi connectivity index (χ2v) is 10.7. The molecule has 0 spiro atoms. The summed E-state index contributed by atoms with van der Waals surface area (Å²) in [6.45, 7) is 3.01. The van der Waals surface area contributed by atoms with Crippen LogP contribution in [0.25, 0.3) is 0 Å². The molecule has 0 saturated heterocycles. The van der Waals surface area contributed by atoms with E-state index in [0.717, 1.165) is 23.2 Å². The molecular weight excluding hydrogens is 554 g/mol. The fourth-order valence-corrected chi connectivity index (χ4v) is 5.03. The molecule has 1 atom stereocenters. The fraction of sp³-hybridized carbons (Fsp3) is 0.200. The van der Waals surface area contributed by atoms with Gasteiger partial charge in [0, 0.05) is 42.6 Å². The van der Waals surface area contributed by atoms with Crippen LogP contribution in [0.2, 0.25) is 0 Å². The second-order valence-electron chi connectivity index (χ2n) is 10.7. The summed E-state index contributed by atoms with van der Waals surface area (Å²) in [6.07, 6.45) is 0.0465. The van der Waals surface area contributed by atoms with Crippen LogP contribution in [0.15, 0.2) is 103 Å². The van der Waals surface area contributed by atoms with E-state index in [4.69, 9.17) is 10.1 Å². The molecule has 0 fully saturated rings. The maximum Gasteiger partial charge on any atom is 0.413 e. The van der Waals surface area contributed by atoms with Crippen LogP contribution in [0.1, 0.15) is 39.5 Å². The average molecular weight is 590 g/mol. The minimum Gasteiger partial charge on any atom is -0.444 e. The van der Waals surface area contributed by atoms with Crippen LogP contribution in [-0.2, 0) is 29.1 Å². The molecule has 0 aromatic heterocycles. The first-order valence-electron chi connectivity index (χ1n) is 14.5. The van der Waals surface area contributed by atoms with Gasteiger partial charge in [0.1, 0.15) is 18.5 Å². The Balaban J connectivity index is 1.20. The molecule has 0 unspecified atom stereocenters. The van der Waals surface area contributed by atoms with Crippen molar-refractivity contribution in [3.8, 4) is 0 Å². The van der Waals surface area contributed by atoms with Crippen LogP contribution in [-0.4, -0.2) is 48.3 Å². The second kappa shape index (κ2) is 13.7. The number of hydrogen-bond acceptors (Lipinski definition) is 6. The zero-order valence-corrected chi connectivity index (χ0v) is 24.7. The summed E-state index contributed by atoms with van der Waals surface area (Å²) in [4.78, 5) is 42.1. The molecule has 5 rings (SSSR count). The smallest absolute Gasteiger partial charge is 0.413 e. The molecule has 0 aliphatic carbocycles. The minimum absolute atomic E-state index is 0.0201. The largest absolute Gasteiger partial charge is 0.444 e. The third kappa shape index (κ3) is 7.30. The average Bonchev–Trinajstić information content (AvgIpc) is 3.17. The summed E-state index contributed by atoms with van der Waals surface area (Å²) < 4.78 is 5.19. The molecule has 0 radical (unpaired) electrons. The van der Waals surface area contributed by atoms with Gasteiger partial charge in [-0.15, -0.1) is 0 Å². The summed E-state index contributed by atoms with van der Waals surface area (Å²) in [6, 6.07) is 31.2. The quantitative estimate of drug-likeness (QED) is 0.183. The normalized spacial score (nSPS) is 14.1. The number of amides is 3. The first-order chi connectivity index (χ1) is 21.3. The number of nitrogens with zero attached hydrogens (tertiary/aromatic N) is 2. The molecule has 1 heterocycles. The van der Waals surface area contributed by atoms with Crippen LogP contribution < -0.4 is 15.5 Å². The van der Waals surface area contributed by atoms with Crippen molar-refractivity contribution in [2.75, 3.05) is 23.8 Å². The maximum atomic E-state index is 13.4. The predicted octanol–water partition coefficient (Wildman–Crippen LogP) is 5.60. The highest BCUT2D eigenvalue weighted by molar-refractivity contribution is 6.07. The highest BCUT2D eigenvalue weighted by Gasteiger charge is 2.27. The number of fused-ring (bicyclic) bond motifs is 1. The zero-order chi connectivity index (χ0) is 31.1. The lowest BCUT2D eigenvalue weighted by Gasteiger charge is -2.23. The van der Waals surface area contributed by atoms with Gasteiger partial charge in [0.15, 0.2) is 0 Å². The summed E-state index contributed by atoms with van der Waals surface area (Å²) in [5.74, 6) is -0.308. The molecule has 1 aliphatic rings. The van der Waals surface area contributed by atoms with Gasteiger partial charge in [-0.05, 0) is 66.4 Å². The van der Waals surface area contributed by atoms with Crippen molar-refractivity contribution in [2.45, 2.75) is 32.5 Å². The van der Waals surface area contributed by atoms with E-state index in [1.165, 1.54) is 10.5 Å². The fourth-order valence-electron chi connectivity index (χ4n) is 5.03. The van der Waals surface area contributed by atoms with Crippen molar-refractivity contribution in [1.29, 1.82) is 5.41 Å². The van der Waals surface area contributed by atoms with Gasteiger partial charge in [0.25, 0.3) is 5.91 Å². The Morgan fingerprint density at radius 1 is 0.932 bits per heavy atom. The van der Waals surface area contributed by atoms with Crippen molar-refractivity contribution in [1.82, 2.24) is 10.2 Å². The maximum absolute atomic E-state index is 13.4. The number of rotatable bonds is 8. The van der Waals surface area contributed by atoms with Gasteiger partial charge >= 0.3 is 6.09 Å². The molecule has 1 aliphatic heterocycles. The Hall–Kier alpha value is -5.44. The van der Waals surface area contributed by atoms with Crippen LogP contribution in [0, 0.1) is 5.41 Å². The molecule has 9 nitrogen and oxygen atoms in total. The standard InChI is InChI=1S/C35H35N5O4/c1-24-33(41)40(20-19-25-9-5-3-6-10-25)22-29-14-13-28(21-31(29)37-24)34(42)39(2)30-17-15-27(16-18-30)32(36)38-35(43)44-23-26-11-7-4-8-12-26/h3-18,21,24,37H,19-20,22-23H2,1-2H3,(H2,36,38,43)/t24-/m1/s1. The van der Waals surface area contributed by atoms with Crippen LogP contribution in [0.3, 0.4) is 0 Å². The lowest BCUT2D eigenvalue weighted by Crippen LogP contribution is -2.39. The van der Waals surface area contributed by atoms with Crippen molar-refractivity contribution in [3.05, 3.63) is 131 Å². The Morgan fingerprint density at radius 2 is 1.57 bits per heavy atom. The number of alkyl carbamates (subject to hydrolysis) is 1. The molecule has 0 saturated carbocycles. The zero-order valence-electron chi connectivity index (χ0n) is 24.7. The Kier molecular flexibility index (Phi) is 9.34. The van der Waals surface area contributed by atoms with E-state index in [2.05, 4.69) is 22.8 Å². The number of amidine groups is 1. The van der Waals surface area contributed by atoms with E-state index >= 15 is 0 Å². The van der Waals surface area contributed by atoms with Gasteiger partial charge in [-0.2, -0.15) is 0 Å². The number of carbonyl (C=O) groups excluding carboxylic acids is 3. The summed E-state index contributed by atoms with van der Waals surface area (Å²) in [7, 11) is 1.68. The number of anilines is 2. The van der Waals surface area contributed by atoms with Gasteiger partial charge in [-0.1, -0.05) is 66.7 Å². The Bertz CT molecular complexity index is 1640. The molecule has 9 heteroatoms. The Labute approximate surface area is 257 Å². The highest BCUT2D eigenvalue weighted by Crippen LogP contribution is 2.26. The third-order valence-corrected chi connectivity index (χ3v) is 7.57. The van der Waals surface area contributed by atoms with Crippen LogP contribution in [0.4, 0.5) is 16.2 Å². The topological polar surface area (TPSA) is 115 Å². The van der Waals surface area contributed by atoms with Crippen LogP contribution in [0.5, 0.6) is 0 Å². The van der Waals surface area contributed by atoms with E-state index in [1.54, 1.807) is 43.4 Å². The van der Waals surface area contributed by atoms with Gasteiger partial charge in [0.05, 0.1) is 0 Å². The van der Waals surface area contributed by atoms with Gasteiger partial charge in [0.2, 0.25) is 5.91 Å². The van der Waals surface area contributed by atoms with Gasteiger partial charge in [-0.3, -0.25) is 20.3 Å². The lowest BCUT2D eigenvalue weighted by atomic mass is 10.1. The third-order valence-electron chi connectivity index (χ3n) is 7.57. The molecular formula is C35H35N5O4. The SMILES string of the molecule is C[C@H]1Nc2cc(C(=O)N(C)c3ccc(C(=N)NC(=O)OCc4ccccc4)cc3)ccc2CN(CCc2ccccc2)C1=O. The summed E-state index contributed by atoms with van der Waals surface area (Å²) in [5.41, 5.74) is 5.31. The monoisotopic (exact) mass is 589 g/mol. The Morgan fingerprint density at radius 3 is 2.25 bits per heavy atom. The number of benzene rings is 4. The lowest BCUT2D eigenvalue weighted by molar-refractivity contribution is -0.132.